The van der Waals surface area contributed by atoms with Crippen LogP contribution in [0.15, 0.2) is 194 Å². The summed E-state index contributed by atoms with van der Waals surface area (Å²) >= 11 is 1.82. The molecule has 0 aliphatic carbocycles. The van der Waals surface area contributed by atoms with Crippen LogP contribution in [-0.4, -0.2) is 19.5 Å². The number of rotatable bonds is 6. The van der Waals surface area contributed by atoms with E-state index in [0.29, 0.717) is 17.5 Å². The Kier molecular flexibility index (Phi) is 7.64. The standard InChI is InChI=1S/C51H32N4S/c1-4-14-33(15-5-1)35-26-28-37(29-27-35)50-52-49(36-18-8-3-9-19-36)53-51(54-50)44-24-13-23-42-43-31-30-41-40-22-10-11-25-45(40)55(46(41)48(43)56-47(42)44)39-21-12-20-38(32-39)34-16-6-2-7-17-34/h1-32H. The lowest BCUT2D eigenvalue weighted by molar-refractivity contribution is 1.08. The van der Waals surface area contributed by atoms with Crippen LogP contribution in [0.1, 0.15) is 0 Å². The summed E-state index contributed by atoms with van der Waals surface area (Å²) < 4.78 is 4.84. The molecule has 5 heteroatoms. The van der Waals surface area contributed by atoms with E-state index in [9.17, 15) is 0 Å². The van der Waals surface area contributed by atoms with Crippen molar-refractivity contribution in [1.29, 1.82) is 0 Å². The fourth-order valence-electron chi connectivity index (χ4n) is 7.99. The molecule has 0 aliphatic heterocycles. The SMILES string of the molecule is c1ccc(-c2ccc(-c3nc(-c4ccccc4)nc(-c4cccc5c4sc4c5ccc5c6ccccc6n(-c6cccc(-c7ccccc7)c6)c54)n3)cc2)cc1. The number of hydrogen-bond acceptors (Lipinski definition) is 4. The number of para-hydroxylation sites is 1. The molecule has 4 nitrogen and oxygen atoms in total. The number of benzene rings is 8. The number of hydrogen-bond donors (Lipinski definition) is 0. The van der Waals surface area contributed by atoms with Gasteiger partial charge in [0, 0.05) is 48.6 Å². The molecule has 0 spiro atoms. The number of thiophene rings is 1. The van der Waals surface area contributed by atoms with E-state index in [2.05, 4.69) is 174 Å². The van der Waals surface area contributed by atoms with Crippen molar-refractivity contribution in [2.45, 2.75) is 0 Å². The second-order valence-corrected chi connectivity index (χ2v) is 15.0. The average molecular weight is 733 g/mol. The molecular formula is C51H32N4S. The fourth-order valence-corrected chi connectivity index (χ4v) is 9.33. The van der Waals surface area contributed by atoms with Crippen LogP contribution in [-0.2, 0) is 0 Å². The fraction of sp³-hybridized carbons (Fsp3) is 0. The summed E-state index contributed by atoms with van der Waals surface area (Å²) in [5, 5.41) is 4.88. The molecule has 0 fully saturated rings. The Balaban J connectivity index is 1.13. The van der Waals surface area contributed by atoms with Gasteiger partial charge >= 0.3 is 0 Å². The lowest BCUT2D eigenvalue weighted by atomic mass is 10.0. The van der Waals surface area contributed by atoms with Crippen molar-refractivity contribution in [1.82, 2.24) is 19.5 Å². The predicted octanol–water partition coefficient (Wildman–Crippen LogP) is 13.7. The van der Waals surface area contributed by atoms with Crippen LogP contribution >= 0.6 is 11.3 Å². The minimum absolute atomic E-state index is 0.646. The van der Waals surface area contributed by atoms with E-state index in [-0.39, 0.29) is 0 Å². The molecule has 11 rings (SSSR count). The minimum atomic E-state index is 0.646. The van der Waals surface area contributed by atoms with Gasteiger partial charge in [0.2, 0.25) is 0 Å². The van der Waals surface area contributed by atoms with Gasteiger partial charge in [-0.15, -0.1) is 11.3 Å². The van der Waals surface area contributed by atoms with E-state index >= 15 is 0 Å². The first kappa shape index (κ1) is 32.2. The van der Waals surface area contributed by atoms with Crippen molar-refractivity contribution in [3.8, 4) is 62.1 Å². The number of fused-ring (bicyclic) bond motifs is 7. The van der Waals surface area contributed by atoms with Crippen LogP contribution in [0.2, 0.25) is 0 Å². The smallest absolute Gasteiger partial charge is 0.165 e. The molecule has 262 valence electrons. The Labute approximate surface area is 327 Å². The van der Waals surface area contributed by atoms with E-state index in [1.165, 1.54) is 54.0 Å². The van der Waals surface area contributed by atoms with Crippen molar-refractivity contribution >= 4 is 53.3 Å². The number of nitrogens with zero attached hydrogens (tertiary/aromatic N) is 4. The highest BCUT2D eigenvalue weighted by Crippen LogP contribution is 2.45. The zero-order chi connectivity index (χ0) is 37.0. The van der Waals surface area contributed by atoms with Gasteiger partial charge < -0.3 is 4.57 Å². The highest BCUT2D eigenvalue weighted by atomic mass is 32.1. The van der Waals surface area contributed by atoms with Gasteiger partial charge in [-0.25, -0.2) is 15.0 Å². The molecule has 8 aromatic carbocycles. The van der Waals surface area contributed by atoms with Crippen molar-refractivity contribution < 1.29 is 0 Å². The van der Waals surface area contributed by atoms with E-state index < -0.39 is 0 Å². The minimum Gasteiger partial charge on any atom is -0.308 e. The molecule has 3 heterocycles. The lowest BCUT2D eigenvalue weighted by Gasteiger charge is -2.11. The molecule has 0 radical (unpaired) electrons. The van der Waals surface area contributed by atoms with Crippen molar-refractivity contribution in [2.24, 2.45) is 0 Å². The molecule has 0 N–H and O–H groups in total. The van der Waals surface area contributed by atoms with Crippen molar-refractivity contribution in [3.63, 3.8) is 0 Å². The maximum absolute atomic E-state index is 5.20. The summed E-state index contributed by atoms with van der Waals surface area (Å²) in [5.41, 5.74) is 11.1. The molecule has 0 bridgehead atoms. The summed E-state index contributed by atoms with van der Waals surface area (Å²) in [6.45, 7) is 0. The van der Waals surface area contributed by atoms with Gasteiger partial charge in [0.1, 0.15) is 0 Å². The zero-order valence-corrected chi connectivity index (χ0v) is 31.0. The maximum atomic E-state index is 5.20. The molecule has 0 saturated carbocycles. The number of aromatic nitrogens is 4. The molecule has 0 unspecified atom stereocenters. The molecule has 0 amide bonds. The van der Waals surface area contributed by atoms with Gasteiger partial charge in [-0.2, -0.15) is 0 Å². The van der Waals surface area contributed by atoms with Gasteiger partial charge in [-0.1, -0.05) is 170 Å². The first-order valence-electron chi connectivity index (χ1n) is 18.8. The van der Waals surface area contributed by atoms with Crippen LogP contribution in [0.25, 0.3) is 104 Å². The van der Waals surface area contributed by atoms with Crippen LogP contribution in [0.5, 0.6) is 0 Å². The van der Waals surface area contributed by atoms with Crippen molar-refractivity contribution in [3.05, 3.63) is 194 Å². The molecule has 0 atom stereocenters. The largest absolute Gasteiger partial charge is 0.308 e. The third-order valence-corrected chi connectivity index (χ3v) is 11.9. The van der Waals surface area contributed by atoms with E-state index in [1.54, 1.807) is 0 Å². The summed E-state index contributed by atoms with van der Waals surface area (Å²) in [6.07, 6.45) is 0. The molecule has 3 aromatic heterocycles. The third kappa shape index (κ3) is 5.40. The van der Waals surface area contributed by atoms with Crippen molar-refractivity contribution in [2.75, 3.05) is 0 Å². The zero-order valence-electron chi connectivity index (χ0n) is 30.2. The molecule has 11 aromatic rings. The van der Waals surface area contributed by atoms with Gasteiger partial charge in [-0.05, 0) is 46.5 Å². The Morgan fingerprint density at radius 1 is 0.339 bits per heavy atom. The lowest BCUT2D eigenvalue weighted by Crippen LogP contribution is -2.00. The van der Waals surface area contributed by atoms with Crippen LogP contribution in [0.4, 0.5) is 0 Å². The Morgan fingerprint density at radius 2 is 0.839 bits per heavy atom. The monoisotopic (exact) mass is 732 g/mol. The van der Waals surface area contributed by atoms with Gasteiger partial charge in [0.15, 0.2) is 17.5 Å². The molecule has 0 saturated heterocycles. The highest BCUT2D eigenvalue weighted by molar-refractivity contribution is 7.27. The van der Waals surface area contributed by atoms with Crippen LogP contribution in [0, 0.1) is 0 Å². The summed E-state index contributed by atoms with van der Waals surface area (Å²) in [4.78, 5) is 15.4. The second-order valence-electron chi connectivity index (χ2n) is 14.0. The first-order chi connectivity index (χ1) is 27.8. The molecule has 0 aliphatic rings. The maximum Gasteiger partial charge on any atom is 0.165 e. The quantitative estimate of drug-likeness (QED) is 0.171. The van der Waals surface area contributed by atoms with E-state index in [0.717, 1.165) is 32.6 Å². The van der Waals surface area contributed by atoms with Gasteiger partial charge in [0.05, 0.1) is 15.7 Å². The summed E-state index contributed by atoms with van der Waals surface area (Å²) in [5.74, 6) is 1.95. The predicted molar refractivity (Wildman–Crippen MR) is 234 cm³/mol. The normalized spacial score (nSPS) is 11.6. The Hall–Kier alpha value is -7.21. The van der Waals surface area contributed by atoms with Gasteiger partial charge in [0.25, 0.3) is 0 Å². The van der Waals surface area contributed by atoms with E-state index in [4.69, 9.17) is 15.0 Å². The second kappa shape index (κ2) is 13.3. The third-order valence-electron chi connectivity index (χ3n) is 10.7. The summed E-state index contributed by atoms with van der Waals surface area (Å²) in [6, 6.07) is 68.5. The average Bonchev–Trinajstić information content (AvgIpc) is 3.84. The van der Waals surface area contributed by atoms with Crippen LogP contribution in [0.3, 0.4) is 0 Å². The van der Waals surface area contributed by atoms with Crippen LogP contribution < -0.4 is 0 Å². The van der Waals surface area contributed by atoms with Gasteiger partial charge in [-0.3, -0.25) is 0 Å². The highest BCUT2D eigenvalue weighted by Gasteiger charge is 2.21. The topological polar surface area (TPSA) is 43.6 Å². The Morgan fingerprint density at radius 3 is 1.57 bits per heavy atom. The Bertz CT molecular complexity index is 3220. The van der Waals surface area contributed by atoms with E-state index in [1.807, 2.05) is 35.6 Å². The summed E-state index contributed by atoms with van der Waals surface area (Å²) in [7, 11) is 0. The molecule has 56 heavy (non-hydrogen) atoms. The molecular weight excluding hydrogens is 701 g/mol. The first-order valence-corrected chi connectivity index (χ1v) is 19.6.